The van der Waals surface area contributed by atoms with Gasteiger partial charge in [-0.15, -0.1) is 0 Å². The minimum absolute atomic E-state index is 0.579. The quantitative estimate of drug-likeness (QED) is 0.600. The summed E-state index contributed by atoms with van der Waals surface area (Å²) in [7, 11) is 0. The van der Waals surface area contributed by atoms with Crippen LogP contribution in [0.1, 0.15) is 13.8 Å². The van der Waals surface area contributed by atoms with E-state index in [9.17, 15) is 0 Å². The van der Waals surface area contributed by atoms with Gasteiger partial charge in [0.25, 0.3) is 0 Å². The first kappa shape index (κ1) is 9.69. The minimum atomic E-state index is 0.579. The maximum atomic E-state index is 4.82. The fourth-order valence-electron chi connectivity index (χ4n) is 0.527. The lowest BCUT2D eigenvalue weighted by molar-refractivity contribution is 0.526. The molecule has 0 saturated carbocycles. The van der Waals surface area contributed by atoms with Crippen LogP contribution < -0.4 is 10.8 Å². The molecule has 60 valence electrons. The number of rotatable bonds is 1. The molecule has 0 spiro atoms. The van der Waals surface area contributed by atoms with Gasteiger partial charge in [-0.2, -0.15) is 0 Å². The molecule has 1 aromatic rings. The van der Waals surface area contributed by atoms with Gasteiger partial charge in [-0.25, -0.2) is 4.98 Å². The first-order valence-corrected chi connectivity index (χ1v) is 3.56. The SMILES string of the molecule is C=C/C=c1/ncoc1=C.CC. The monoisotopic (exact) mass is 151 g/mol. The van der Waals surface area contributed by atoms with E-state index >= 15 is 0 Å². The molecule has 2 heteroatoms. The summed E-state index contributed by atoms with van der Waals surface area (Å²) >= 11 is 0. The summed E-state index contributed by atoms with van der Waals surface area (Å²) in [6.07, 6.45) is 4.75. The lowest BCUT2D eigenvalue weighted by Crippen LogP contribution is -2.19. The number of oxazole rings is 1. The smallest absolute Gasteiger partial charge is 0.181 e. The van der Waals surface area contributed by atoms with Crippen LogP contribution in [-0.4, -0.2) is 4.98 Å². The third-order valence-corrected chi connectivity index (χ3v) is 0.948. The van der Waals surface area contributed by atoms with Crippen LogP contribution in [0.2, 0.25) is 0 Å². The zero-order valence-electron chi connectivity index (χ0n) is 7.00. The summed E-state index contributed by atoms with van der Waals surface area (Å²) in [5, 5.41) is 0.741. The highest BCUT2D eigenvalue weighted by Crippen LogP contribution is 1.63. The van der Waals surface area contributed by atoms with Crippen molar-refractivity contribution in [3.05, 3.63) is 29.8 Å². The summed E-state index contributed by atoms with van der Waals surface area (Å²) in [6, 6.07) is 0. The Bertz CT molecular complexity index is 298. The topological polar surface area (TPSA) is 26.0 Å². The van der Waals surface area contributed by atoms with Crippen LogP contribution in [0.15, 0.2) is 23.5 Å². The fraction of sp³-hybridized carbons (Fsp3) is 0.222. The molecule has 0 unspecified atom stereocenters. The maximum Gasteiger partial charge on any atom is 0.181 e. The molecule has 1 heterocycles. The van der Waals surface area contributed by atoms with E-state index in [1.54, 1.807) is 12.2 Å². The molecular formula is C9H13NO. The lowest BCUT2D eigenvalue weighted by Gasteiger charge is -1.66. The van der Waals surface area contributed by atoms with E-state index in [4.69, 9.17) is 4.42 Å². The van der Waals surface area contributed by atoms with Crippen molar-refractivity contribution >= 4 is 12.7 Å². The van der Waals surface area contributed by atoms with Crippen molar-refractivity contribution in [2.45, 2.75) is 13.8 Å². The summed E-state index contributed by atoms with van der Waals surface area (Å²) < 4.78 is 4.82. The number of allylic oxidation sites excluding steroid dienone is 1. The van der Waals surface area contributed by atoms with Crippen LogP contribution in [0.25, 0.3) is 12.7 Å². The third-order valence-electron chi connectivity index (χ3n) is 0.948. The van der Waals surface area contributed by atoms with Gasteiger partial charge in [-0.1, -0.05) is 33.1 Å². The highest BCUT2D eigenvalue weighted by molar-refractivity contribution is 5.31. The van der Waals surface area contributed by atoms with E-state index in [-0.39, 0.29) is 0 Å². The molecule has 0 aliphatic carbocycles. The Kier molecular flexibility index (Phi) is 4.82. The largest absolute Gasteiger partial charge is 0.444 e. The summed E-state index contributed by atoms with van der Waals surface area (Å²) in [5.41, 5.74) is 0.579. The zero-order valence-corrected chi connectivity index (χ0v) is 7.00. The summed E-state index contributed by atoms with van der Waals surface area (Å²) in [5.74, 6) is 0. The third kappa shape index (κ3) is 2.85. The van der Waals surface area contributed by atoms with Crippen LogP contribution >= 0.6 is 0 Å². The molecule has 0 aliphatic rings. The molecule has 0 radical (unpaired) electrons. The van der Waals surface area contributed by atoms with Crippen molar-refractivity contribution in [3.8, 4) is 0 Å². The van der Waals surface area contributed by atoms with E-state index in [2.05, 4.69) is 18.1 Å². The molecule has 1 aromatic heterocycles. The Labute approximate surface area is 66.6 Å². The van der Waals surface area contributed by atoms with Crippen molar-refractivity contribution in [1.29, 1.82) is 0 Å². The normalized spacial score (nSPS) is 10.2. The van der Waals surface area contributed by atoms with Crippen molar-refractivity contribution in [1.82, 2.24) is 4.98 Å². The Hall–Kier alpha value is -1.31. The van der Waals surface area contributed by atoms with E-state index in [1.165, 1.54) is 6.39 Å². The molecule has 0 N–H and O–H groups in total. The maximum absolute atomic E-state index is 4.82. The number of aromatic nitrogens is 1. The van der Waals surface area contributed by atoms with Crippen LogP contribution in [0.3, 0.4) is 0 Å². The molecule has 0 atom stereocenters. The molecule has 0 amide bonds. The minimum Gasteiger partial charge on any atom is -0.444 e. The molecule has 11 heavy (non-hydrogen) atoms. The van der Waals surface area contributed by atoms with Crippen molar-refractivity contribution in [2.75, 3.05) is 0 Å². The first-order valence-electron chi connectivity index (χ1n) is 3.56. The molecule has 2 nitrogen and oxygen atoms in total. The Morgan fingerprint density at radius 3 is 2.55 bits per heavy atom. The van der Waals surface area contributed by atoms with E-state index < -0.39 is 0 Å². The second kappa shape index (κ2) is 5.47. The van der Waals surface area contributed by atoms with E-state index in [1.807, 2.05) is 13.8 Å². The predicted molar refractivity (Wildman–Crippen MR) is 47.3 cm³/mol. The van der Waals surface area contributed by atoms with Crippen molar-refractivity contribution in [3.63, 3.8) is 0 Å². The fourth-order valence-corrected chi connectivity index (χ4v) is 0.527. The van der Waals surface area contributed by atoms with Crippen LogP contribution in [0.5, 0.6) is 0 Å². The van der Waals surface area contributed by atoms with Crippen LogP contribution in [-0.2, 0) is 0 Å². The van der Waals surface area contributed by atoms with Gasteiger partial charge in [0.15, 0.2) is 6.39 Å². The van der Waals surface area contributed by atoms with Gasteiger partial charge in [-0.05, 0) is 6.08 Å². The van der Waals surface area contributed by atoms with E-state index in [0.717, 1.165) is 5.35 Å². The number of nitrogens with zero attached hydrogens (tertiary/aromatic N) is 1. The zero-order chi connectivity index (χ0) is 8.69. The van der Waals surface area contributed by atoms with Gasteiger partial charge in [0.05, 0.1) is 0 Å². The lowest BCUT2D eigenvalue weighted by atomic mass is 10.5. The van der Waals surface area contributed by atoms with Gasteiger partial charge in [0, 0.05) is 0 Å². The van der Waals surface area contributed by atoms with Gasteiger partial charge >= 0.3 is 0 Å². The van der Waals surface area contributed by atoms with Crippen LogP contribution in [0, 0.1) is 0 Å². The Balaban J connectivity index is 0.000000461. The highest BCUT2D eigenvalue weighted by atomic mass is 16.3. The van der Waals surface area contributed by atoms with E-state index in [0.29, 0.717) is 5.42 Å². The summed E-state index contributed by atoms with van der Waals surface area (Å²) in [6.45, 7) is 11.1. The number of hydrogen-bond donors (Lipinski definition) is 0. The average molecular weight is 151 g/mol. The van der Waals surface area contributed by atoms with Gasteiger partial charge in [-0.3, -0.25) is 0 Å². The van der Waals surface area contributed by atoms with Gasteiger partial charge < -0.3 is 4.42 Å². The van der Waals surface area contributed by atoms with Crippen LogP contribution in [0.4, 0.5) is 0 Å². The molecular weight excluding hydrogens is 138 g/mol. The number of hydrogen-bond acceptors (Lipinski definition) is 2. The predicted octanol–water partition coefficient (Wildman–Crippen LogP) is 1.08. The standard InChI is InChI=1S/C7H7NO.C2H6/c1-3-4-7-6(2)9-5-8-7;1-2/h3-5H,1-2H2;1-2H3/b7-4+;. The molecule has 0 bridgehead atoms. The summed E-state index contributed by atoms with van der Waals surface area (Å²) in [4.78, 5) is 3.85. The average Bonchev–Trinajstić information content (AvgIpc) is 2.42. The highest BCUT2D eigenvalue weighted by Gasteiger charge is 1.81. The van der Waals surface area contributed by atoms with Crippen molar-refractivity contribution in [2.24, 2.45) is 0 Å². The Morgan fingerprint density at radius 1 is 1.55 bits per heavy atom. The molecule has 0 aromatic carbocycles. The van der Waals surface area contributed by atoms with Gasteiger partial charge in [0.1, 0.15) is 10.8 Å². The Morgan fingerprint density at radius 2 is 2.18 bits per heavy atom. The molecule has 0 saturated heterocycles. The molecule has 1 rings (SSSR count). The second-order valence-corrected chi connectivity index (χ2v) is 1.56. The first-order chi connectivity index (χ1) is 5.34. The second-order valence-electron chi connectivity index (χ2n) is 1.56. The van der Waals surface area contributed by atoms with Gasteiger partial charge in [0.2, 0.25) is 0 Å². The van der Waals surface area contributed by atoms with Crippen molar-refractivity contribution < 1.29 is 4.42 Å². The molecule has 0 aliphatic heterocycles. The molecule has 0 fully saturated rings.